The molecule has 0 saturated carbocycles. The Morgan fingerprint density at radius 1 is 1.28 bits per heavy atom. The van der Waals surface area contributed by atoms with Crippen molar-refractivity contribution in [3.8, 4) is 0 Å². The van der Waals surface area contributed by atoms with Gasteiger partial charge in [0.05, 0.1) is 25.1 Å². The predicted molar refractivity (Wildman–Crippen MR) is 130 cm³/mol. The Morgan fingerprint density at radius 3 is 2.59 bits per heavy atom. The second-order valence-corrected chi connectivity index (χ2v) is 8.46. The smallest absolute Gasteiger partial charge is 0.309 e. The summed E-state index contributed by atoms with van der Waals surface area (Å²) in [5.74, 6) is 0.962. The Morgan fingerprint density at radius 2 is 2.00 bits per heavy atom. The van der Waals surface area contributed by atoms with Gasteiger partial charge in [-0.2, -0.15) is 0 Å². The summed E-state index contributed by atoms with van der Waals surface area (Å²) in [5.41, 5.74) is 0. The highest BCUT2D eigenvalue weighted by molar-refractivity contribution is 14.0. The number of carbonyl (C=O) groups excluding carboxylic acids is 1. The van der Waals surface area contributed by atoms with Crippen molar-refractivity contribution >= 4 is 47.2 Å². The first kappa shape index (κ1) is 24.4. The number of hydrogen-bond donors (Lipinski definition) is 1. The molecule has 0 aromatic carbocycles. The number of hydrogen-bond acceptors (Lipinski definition) is 5. The maximum Gasteiger partial charge on any atom is 0.309 e. The first-order valence-electron chi connectivity index (χ1n) is 10.7. The summed E-state index contributed by atoms with van der Waals surface area (Å²) in [6.07, 6.45) is 4.24. The average molecular weight is 535 g/mol. The fourth-order valence-corrected chi connectivity index (χ4v) is 4.96. The molecule has 1 aromatic heterocycles. The zero-order valence-corrected chi connectivity index (χ0v) is 20.8. The molecule has 164 valence electrons. The molecule has 1 atom stereocenters. The number of halogens is 1. The third kappa shape index (κ3) is 6.82. The van der Waals surface area contributed by atoms with Crippen LogP contribution in [0.3, 0.4) is 0 Å². The Bertz CT molecular complexity index is 627. The van der Waals surface area contributed by atoms with E-state index in [4.69, 9.17) is 9.73 Å². The molecule has 0 aliphatic carbocycles. The molecule has 2 aliphatic rings. The van der Waals surface area contributed by atoms with E-state index in [-0.39, 0.29) is 35.9 Å². The number of piperidine rings is 1. The lowest BCUT2D eigenvalue weighted by Gasteiger charge is -2.34. The van der Waals surface area contributed by atoms with E-state index in [1.807, 2.05) is 18.3 Å². The molecule has 0 bridgehead atoms. The number of thiophene rings is 1. The van der Waals surface area contributed by atoms with Gasteiger partial charge in [-0.1, -0.05) is 6.07 Å². The Balaban J connectivity index is 0.00000300. The van der Waals surface area contributed by atoms with Gasteiger partial charge < -0.3 is 15.0 Å². The lowest BCUT2D eigenvalue weighted by Crippen LogP contribution is -2.47. The molecule has 1 aromatic rings. The van der Waals surface area contributed by atoms with E-state index in [0.29, 0.717) is 12.6 Å². The van der Waals surface area contributed by atoms with Crippen molar-refractivity contribution in [2.45, 2.75) is 45.6 Å². The van der Waals surface area contributed by atoms with Gasteiger partial charge in [0.1, 0.15) is 0 Å². The van der Waals surface area contributed by atoms with Crippen molar-refractivity contribution in [1.82, 2.24) is 15.1 Å². The Labute approximate surface area is 196 Å². The van der Waals surface area contributed by atoms with Gasteiger partial charge in [-0.15, -0.1) is 35.3 Å². The van der Waals surface area contributed by atoms with E-state index in [0.717, 1.165) is 45.0 Å². The van der Waals surface area contributed by atoms with Crippen molar-refractivity contribution in [1.29, 1.82) is 0 Å². The third-order valence-corrected chi connectivity index (χ3v) is 6.59. The normalized spacial score (nSPS) is 19.7. The van der Waals surface area contributed by atoms with Gasteiger partial charge in [-0.25, -0.2) is 0 Å². The van der Waals surface area contributed by atoms with Crippen LogP contribution in [0.15, 0.2) is 22.5 Å². The largest absolute Gasteiger partial charge is 0.466 e. The van der Waals surface area contributed by atoms with E-state index in [1.54, 1.807) is 0 Å². The molecule has 6 nitrogen and oxygen atoms in total. The number of nitrogens with zero attached hydrogens (tertiary/aromatic N) is 3. The Kier molecular flexibility index (Phi) is 10.7. The number of likely N-dealkylation sites (tertiary alicyclic amines) is 2. The zero-order valence-electron chi connectivity index (χ0n) is 17.6. The molecule has 0 radical (unpaired) electrons. The van der Waals surface area contributed by atoms with Crippen molar-refractivity contribution < 1.29 is 9.53 Å². The molecule has 3 heterocycles. The van der Waals surface area contributed by atoms with Crippen LogP contribution in [0.4, 0.5) is 0 Å². The Hall–Kier alpha value is -0.870. The molecule has 0 amide bonds. The van der Waals surface area contributed by atoms with E-state index >= 15 is 0 Å². The minimum Gasteiger partial charge on any atom is -0.466 e. The number of esters is 1. The average Bonchev–Trinajstić information content (AvgIpc) is 3.42. The maximum atomic E-state index is 12.0. The number of carbonyl (C=O) groups is 1. The van der Waals surface area contributed by atoms with E-state index in [2.05, 4.69) is 39.6 Å². The van der Waals surface area contributed by atoms with Crippen LogP contribution in [0.5, 0.6) is 0 Å². The first-order chi connectivity index (χ1) is 13.7. The highest BCUT2D eigenvalue weighted by atomic mass is 127. The summed E-state index contributed by atoms with van der Waals surface area (Å²) < 4.78 is 5.19. The number of rotatable bonds is 7. The third-order valence-electron chi connectivity index (χ3n) is 5.62. The lowest BCUT2D eigenvalue weighted by molar-refractivity contribution is -0.149. The highest BCUT2D eigenvalue weighted by Crippen LogP contribution is 2.29. The zero-order chi connectivity index (χ0) is 19.8. The van der Waals surface area contributed by atoms with Gasteiger partial charge in [0, 0.05) is 24.5 Å². The fourth-order valence-electron chi connectivity index (χ4n) is 4.11. The van der Waals surface area contributed by atoms with E-state index < -0.39 is 0 Å². The molecule has 1 unspecified atom stereocenters. The summed E-state index contributed by atoms with van der Waals surface area (Å²) in [5, 5.41) is 5.62. The van der Waals surface area contributed by atoms with Gasteiger partial charge in [0.2, 0.25) is 0 Å². The van der Waals surface area contributed by atoms with Crippen LogP contribution in [-0.2, 0) is 9.53 Å². The molecule has 29 heavy (non-hydrogen) atoms. The number of aliphatic imine (C=N–C) groups is 1. The molecule has 2 fully saturated rings. The quantitative estimate of drug-likeness (QED) is 0.250. The maximum absolute atomic E-state index is 12.0. The van der Waals surface area contributed by atoms with Crippen molar-refractivity contribution in [2.24, 2.45) is 10.9 Å². The predicted octanol–water partition coefficient (Wildman–Crippen LogP) is 3.74. The van der Waals surface area contributed by atoms with Crippen LogP contribution in [0.2, 0.25) is 0 Å². The summed E-state index contributed by atoms with van der Waals surface area (Å²) in [4.78, 5) is 23.3. The summed E-state index contributed by atoms with van der Waals surface area (Å²) in [6.45, 7) is 10.1. The van der Waals surface area contributed by atoms with Gasteiger partial charge in [-0.3, -0.25) is 14.7 Å². The van der Waals surface area contributed by atoms with Gasteiger partial charge in [-0.05, 0) is 64.1 Å². The summed E-state index contributed by atoms with van der Waals surface area (Å²) in [6, 6.07) is 4.74. The number of guanidine groups is 1. The topological polar surface area (TPSA) is 57.2 Å². The molecule has 3 rings (SSSR count). The van der Waals surface area contributed by atoms with E-state index in [9.17, 15) is 4.79 Å². The van der Waals surface area contributed by atoms with Crippen LogP contribution in [0.1, 0.15) is 50.4 Å². The fraction of sp³-hybridized carbons (Fsp3) is 0.714. The molecular formula is C21H35IN4O2S. The minimum absolute atomic E-state index is 0. The second kappa shape index (κ2) is 12.7. The van der Waals surface area contributed by atoms with E-state index in [1.165, 1.54) is 30.8 Å². The SMILES string of the molecule is CCNC(=NCC(c1cccs1)N1CCCC1)N1CCC(C(=O)OCC)CC1.I. The van der Waals surface area contributed by atoms with Crippen LogP contribution < -0.4 is 5.32 Å². The van der Waals surface area contributed by atoms with Crippen LogP contribution in [0.25, 0.3) is 0 Å². The molecule has 1 N–H and O–H groups in total. The van der Waals surface area contributed by atoms with Crippen LogP contribution in [-0.4, -0.2) is 67.6 Å². The van der Waals surface area contributed by atoms with Crippen LogP contribution >= 0.6 is 35.3 Å². The number of nitrogens with one attached hydrogen (secondary N) is 1. The first-order valence-corrected chi connectivity index (χ1v) is 11.6. The molecule has 0 spiro atoms. The van der Waals surface area contributed by atoms with Crippen LogP contribution in [0, 0.1) is 5.92 Å². The summed E-state index contributed by atoms with van der Waals surface area (Å²) in [7, 11) is 0. The second-order valence-electron chi connectivity index (χ2n) is 7.48. The standard InChI is InChI=1S/C21H34N4O2S.HI/c1-3-22-21(25-13-9-17(10-14-25)20(26)27-4-2)23-16-18(19-8-7-15-28-19)24-11-5-6-12-24;/h7-8,15,17-18H,3-6,9-14,16H2,1-2H3,(H,22,23);1H. The molecular weight excluding hydrogens is 499 g/mol. The monoisotopic (exact) mass is 534 g/mol. The van der Waals surface area contributed by atoms with Gasteiger partial charge in [0.15, 0.2) is 5.96 Å². The van der Waals surface area contributed by atoms with Gasteiger partial charge in [0.25, 0.3) is 0 Å². The summed E-state index contributed by atoms with van der Waals surface area (Å²) >= 11 is 1.83. The highest BCUT2D eigenvalue weighted by Gasteiger charge is 2.28. The minimum atomic E-state index is -0.0455. The van der Waals surface area contributed by atoms with Gasteiger partial charge >= 0.3 is 5.97 Å². The van der Waals surface area contributed by atoms with Crippen molar-refractivity contribution in [3.63, 3.8) is 0 Å². The van der Waals surface area contributed by atoms with Crippen molar-refractivity contribution in [3.05, 3.63) is 22.4 Å². The molecule has 2 saturated heterocycles. The molecule has 2 aliphatic heterocycles. The lowest BCUT2D eigenvalue weighted by atomic mass is 9.97. The number of ether oxygens (including phenoxy) is 1. The molecule has 8 heteroatoms. The van der Waals surface area contributed by atoms with Crippen molar-refractivity contribution in [2.75, 3.05) is 45.9 Å².